The fourth-order valence-electron chi connectivity index (χ4n) is 1.07. The number of hydrogen-bond donors (Lipinski definition) is 1. The number of hydrogen-bond acceptors (Lipinski definition) is 1. The molecule has 0 aliphatic heterocycles. The number of aliphatic hydroxyl groups is 1. The summed E-state index contributed by atoms with van der Waals surface area (Å²) in [7, 11) is 0. The Bertz CT molecular complexity index is 201. The molecule has 0 atom stereocenters. The van der Waals surface area contributed by atoms with E-state index in [9.17, 15) is 0 Å². The van der Waals surface area contributed by atoms with Gasteiger partial charge in [-0.15, -0.1) is 0 Å². The first-order valence-corrected chi connectivity index (χ1v) is 4.05. The molecule has 60 valence electrons. The van der Waals surface area contributed by atoms with Gasteiger partial charge in [0.1, 0.15) is 0 Å². The van der Waals surface area contributed by atoms with Crippen LogP contribution in [0.2, 0.25) is 0 Å². The van der Waals surface area contributed by atoms with E-state index >= 15 is 0 Å². The number of aryl methyl sites for hydroxylation is 1. The third-order valence-electron chi connectivity index (χ3n) is 1.83. The highest BCUT2D eigenvalue weighted by Gasteiger charge is 1.91. The molecule has 1 rings (SSSR count). The van der Waals surface area contributed by atoms with Crippen LogP contribution in [0.25, 0.3) is 0 Å². The summed E-state index contributed by atoms with van der Waals surface area (Å²) in [6.45, 7) is 2.38. The van der Waals surface area contributed by atoms with Gasteiger partial charge in [-0.25, -0.2) is 0 Å². The van der Waals surface area contributed by atoms with Crippen LogP contribution in [0.4, 0.5) is 0 Å². The van der Waals surface area contributed by atoms with E-state index in [1.165, 1.54) is 11.1 Å². The van der Waals surface area contributed by atoms with Gasteiger partial charge in [-0.2, -0.15) is 0 Å². The summed E-state index contributed by atoms with van der Waals surface area (Å²) in [5.41, 5.74) is 2.57. The first-order valence-electron chi connectivity index (χ1n) is 4.05. The first-order chi connectivity index (χ1) is 5.36. The zero-order valence-corrected chi connectivity index (χ0v) is 6.88. The zero-order valence-electron chi connectivity index (χ0n) is 6.88. The Kier molecular flexibility index (Phi) is 3.12. The average Bonchev–Trinajstić information content (AvgIpc) is 2.07. The monoisotopic (exact) mass is 150 g/mol. The molecule has 0 aliphatic carbocycles. The Morgan fingerprint density at radius 3 is 2.09 bits per heavy atom. The van der Waals surface area contributed by atoms with Gasteiger partial charge in [0.25, 0.3) is 0 Å². The van der Waals surface area contributed by atoms with Gasteiger partial charge in [0, 0.05) is 6.61 Å². The molecule has 0 saturated heterocycles. The van der Waals surface area contributed by atoms with Crippen molar-refractivity contribution in [3.63, 3.8) is 0 Å². The molecule has 0 fully saturated rings. The largest absolute Gasteiger partial charge is 0.396 e. The maximum atomic E-state index is 8.65. The SMILES string of the molecule is CCc1ccc(CCO)cc1. The Balaban J connectivity index is 2.66. The van der Waals surface area contributed by atoms with Crippen LogP contribution in [0.5, 0.6) is 0 Å². The zero-order chi connectivity index (χ0) is 8.10. The lowest BCUT2D eigenvalue weighted by atomic mass is 10.1. The Hall–Kier alpha value is -0.820. The number of rotatable bonds is 3. The summed E-state index contributed by atoms with van der Waals surface area (Å²) in [6.07, 6.45) is 1.85. The second kappa shape index (κ2) is 4.14. The molecule has 0 radical (unpaired) electrons. The molecule has 1 nitrogen and oxygen atoms in total. The fourth-order valence-corrected chi connectivity index (χ4v) is 1.07. The van der Waals surface area contributed by atoms with Crippen molar-refractivity contribution in [3.05, 3.63) is 35.4 Å². The standard InChI is InChI=1S/C10H14O/c1-2-9-3-5-10(6-4-9)7-8-11/h3-6,11H,2,7-8H2,1H3. The Morgan fingerprint density at radius 1 is 1.09 bits per heavy atom. The van der Waals surface area contributed by atoms with E-state index in [0.717, 1.165) is 12.8 Å². The highest BCUT2D eigenvalue weighted by Crippen LogP contribution is 2.04. The average molecular weight is 150 g/mol. The predicted molar refractivity (Wildman–Crippen MR) is 46.6 cm³/mol. The van der Waals surface area contributed by atoms with Crippen LogP contribution in [0, 0.1) is 0 Å². The second-order valence-electron chi connectivity index (χ2n) is 2.64. The molecule has 0 saturated carbocycles. The van der Waals surface area contributed by atoms with Gasteiger partial charge in [0.05, 0.1) is 0 Å². The minimum absolute atomic E-state index is 0.242. The van der Waals surface area contributed by atoms with Crippen LogP contribution >= 0.6 is 0 Å². The van der Waals surface area contributed by atoms with Crippen molar-refractivity contribution in [2.24, 2.45) is 0 Å². The number of aliphatic hydroxyl groups excluding tert-OH is 1. The summed E-state index contributed by atoms with van der Waals surface area (Å²) < 4.78 is 0. The highest BCUT2D eigenvalue weighted by molar-refractivity contribution is 5.22. The summed E-state index contributed by atoms with van der Waals surface area (Å²) in [6, 6.07) is 8.39. The smallest absolute Gasteiger partial charge is 0.0471 e. The topological polar surface area (TPSA) is 20.2 Å². The molecule has 0 amide bonds. The number of benzene rings is 1. The fraction of sp³-hybridized carbons (Fsp3) is 0.400. The molecule has 1 aromatic rings. The van der Waals surface area contributed by atoms with E-state index in [-0.39, 0.29) is 6.61 Å². The van der Waals surface area contributed by atoms with E-state index < -0.39 is 0 Å². The lowest BCUT2D eigenvalue weighted by molar-refractivity contribution is 0.299. The van der Waals surface area contributed by atoms with Crippen molar-refractivity contribution in [2.75, 3.05) is 6.61 Å². The maximum Gasteiger partial charge on any atom is 0.0471 e. The van der Waals surface area contributed by atoms with Gasteiger partial charge in [0.2, 0.25) is 0 Å². The molecule has 0 unspecified atom stereocenters. The van der Waals surface area contributed by atoms with Gasteiger partial charge in [-0.3, -0.25) is 0 Å². The van der Waals surface area contributed by atoms with Crippen LogP contribution in [0.3, 0.4) is 0 Å². The normalized spacial score (nSPS) is 10.0. The second-order valence-corrected chi connectivity index (χ2v) is 2.64. The van der Waals surface area contributed by atoms with Gasteiger partial charge in [-0.1, -0.05) is 31.2 Å². The summed E-state index contributed by atoms with van der Waals surface area (Å²) >= 11 is 0. The quantitative estimate of drug-likeness (QED) is 0.696. The molecule has 0 bridgehead atoms. The van der Waals surface area contributed by atoms with E-state index in [1.54, 1.807) is 0 Å². The molecule has 0 heterocycles. The lowest BCUT2D eigenvalue weighted by Gasteiger charge is -1.99. The molecule has 11 heavy (non-hydrogen) atoms. The van der Waals surface area contributed by atoms with Crippen LogP contribution in [-0.2, 0) is 12.8 Å². The summed E-state index contributed by atoms with van der Waals surface area (Å²) in [5.74, 6) is 0. The first kappa shape index (κ1) is 8.28. The van der Waals surface area contributed by atoms with Crippen molar-refractivity contribution in [2.45, 2.75) is 19.8 Å². The van der Waals surface area contributed by atoms with Crippen molar-refractivity contribution < 1.29 is 5.11 Å². The van der Waals surface area contributed by atoms with Gasteiger partial charge in [-0.05, 0) is 24.0 Å². The van der Waals surface area contributed by atoms with Crippen molar-refractivity contribution >= 4 is 0 Å². The maximum absolute atomic E-state index is 8.65. The van der Waals surface area contributed by atoms with E-state index in [0.29, 0.717) is 0 Å². The summed E-state index contributed by atoms with van der Waals surface area (Å²) in [4.78, 5) is 0. The molecule has 1 N–H and O–H groups in total. The van der Waals surface area contributed by atoms with Crippen LogP contribution in [-0.4, -0.2) is 11.7 Å². The molecule has 0 spiro atoms. The van der Waals surface area contributed by atoms with Crippen molar-refractivity contribution in [3.8, 4) is 0 Å². The molecule has 0 aliphatic rings. The van der Waals surface area contributed by atoms with Crippen LogP contribution in [0.1, 0.15) is 18.1 Å². The van der Waals surface area contributed by atoms with Gasteiger partial charge >= 0.3 is 0 Å². The molecule has 0 aromatic heterocycles. The Labute approximate surface area is 67.7 Å². The predicted octanol–water partition coefficient (Wildman–Crippen LogP) is 1.78. The minimum Gasteiger partial charge on any atom is -0.396 e. The lowest BCUT2D eigenvalue weighted by Crippen LogP contribution is -1.90. The third kappa shape index (κ3) is 2.35. The van der Waals surface area contributed by atoms with E-state index in [2.05, 4.69) is 31.2 Å². The van der Waals surface area contributed by atoms with Crippen LogP contribution in [0.15, 0.2) is 24.3 Å². The highest BCUT2D eigenvalue weighted by atomic mass is 16.2. The van der Waals surface area contributed by atoms with E-state index in [1.807, 2.05) is 0 Å². The summed E-state index contributed by atoms with van der Waals surface area (Å²) in [5, 5.41) is 8.65. The Morgan fingerprint density at radius 2 is 1.64 bits per heavy atom. The molecular weight excluding hydrogens is 136 g/mol. The minimum atomic E-state index is 0.242. The van der Waals surface area contributed by atoms with Crippen molar-refractivity contribution in [1.82, 2.24) is 0 Å². The van der Waals surface area contributed by atoms with Crippen LogP contribution < -0.4 is 0 Å². The van der Waals surface area contributed by atoms with Crippen molar-refractivity contribution in [1.29, 1.82) is 0 Å². The molecule has 1 heteroatoms. The molecular formula is C10H14O. The third-order valence-corrected chi connectivity index (χ3v) is 1.83. The molecule has 1 aromatic carbocycles. The van der Waals surface area contributed by atoms with Gasteiger partial charge in [0.15, 0.2) is 0 Å². The van der Waals surface area contributed by atoms with E-state index in [4.69, 9.17) is 5.11 Å². The van der Waals surface area contributed by atoms with Gasteiger partial charge < -0.3 is 5.11 Å².